The first-order chi connectivity index (χ1) is 6.22. The monoisotopic (exact) mass is 174 g/mol. The van der Waals surface area contributed by atoms with Crippen molar-refractivity contribution >= 4 is 12.2 Å². The molecule has 4 heteroatoms. The van der Waals surface area contributed by atoms with E-state index in [-0.39, 0.29) is 0 Å². The molecule has 0 unspecified atom stereocenters. The second-order valence-electron chi connectivity index (χ2n) is 2.72. The van der Waals surface area contributed by atoms with E-state index in [1.54, 1.807) is 29.6 Å². The summed E-state index contributed by atoms with van der Waals surface area (Å²) in [5.74, 6) is 0.549. The van der Waals surface area contributed by atoms with Gasteiger partial charge in [0.05, 0.1) is 18.0 Å². The van der Waals surface area contributed by atoms with E-state index in [2.05, 4.69) is 9.98 Å². The van der Waals surface area contributed by atoms with E-state index in [1.165, 1.54) is 0 Å². The van der Waals surface area contributed by atoms with E-state index < -0.39 is 0 Å². The van der Waals surface area contributed by atoms with Crippen LogP contribution in [0.1, 0.15) is 5.56 Å². The van der Waals surface area contributed by atoms with Gasteiger partial charge in [0.1, 0.15) is 0 Å². The number of aromatic nitrogens is 1. The fraction of sp³-hybridized carbons (Fsp3) is 0.222. The Kier molecular flexibility index (Phi) is 2.98. The minimum absolute atomic E-state index is 0.549. The highest BCUT2D eigenvalue weighted by molar-refractivity contribution is 5.59. The molecule has 0 spiro atoms. The first kappa shape index (κ1) is 9.20. The fourth-order valence-corrected chi connectivity index (χ4v) is 0.733. The molecule has 0 aromatic carbocycles. The molecule has 0 saturated carbocycles. The lowest BCUT2D eigenvalue weighted by Crippen LogP contribution is -2.07. The highest BCUT2D eigenvalue weighted by Crippen LogP contribution is 2.08. The van der Waals surface area contributed by atoms with Crippen LogP contribution in [0, 0.1) is 11.3 Å². The van der Waals surface area contributed by atoms with Crippen molar-refractivity contribution in [3.8, 4) is 6.07 Å². The predicted molar refractivity (Wildman–Crippen MR) is 50.8 cm³/mol. The summed E-state index contributed by atoms with van der Waals surface area (Å²) in [6, 6.07) is 5.31. The average Bonchev–Trinajstić information content (AvgIpc) is 2.15. The number of nitrogens with zero attached hydrogens (tertiary/aromatic N) is 4. The molecule has 0 bridgehead atoms. The Bertz CT molecular complexity index is 349. The second kappa shape index (κ2) is 4.21. The molecule has 0 aliphatic heterocycles. The Hall–Kier alpha value is -1.89. The van der Waals surface area contributed by atoms with Crippen LogP contribution in [0.15, 0.2) is 23.3 Å². The fourth-order valence-electron chi connectivity index (χ4n) is 0.733. The van der Waals surface area contributed by atoms with E-state index in [9.17, 15) is 0 Å². The zero-order valence-electron chi connectivity index (χ0n) is 7.60. The van der Waals surface area contributed by atoms with Crippen molar-refractivity contribution < 1.29 is 0 Å². The molecule has 1 aromatic heterocycles. The van der Waals surface area contributed by atoms with Gasteiger partial charge in [-0.15, -0.1) is 0 Å². The van der Waals surface area contributed by atoms with Crippen molar-refractivity contribution in [1.82, 2.24) is 9.88 Å². The van der Waals surface area contributed by atoms with Gasteiger partial charge in [0, 0.05) is 26.4 Å². The molecule has 66 valence electrons. The van der Waals surface area contributed by atoms with Gasteiger partial charge in [-0.25, -0.2) is 9.98 Å². The van der Waals surface area contributed by atoms with Crippen molar-refractivity contribution in [2.24, 2.45) is 4.99 Å². The first-order valence-electron chi connectivity index (χ1n) is 3.79. The summed E-state index contributed by atoms with van der Waals surface area (Å²) in [5.41, 5.74) is 0.570. The van der Waals surface area contributed by atoms with Gasteiger partial charge in [0.2, 0.25) is 0 Å². The molecule has 1 aromatic rings. The lowest BCUT2D eigenvalue weighted by molar-refractivity contribution is 0.643. The predicted octanol–water partition coefficient (Wildman–Crippen LogP) is 1.17. The van der Waals surface area contributed by atoms with E-state index in [1.807, 2.05) is 20.2 Å². The number of aliphatic imine (C=N–C) groups is 1. The lowest BCUT2D eigenvalue weighted by atomic mass is 10.3. The molecule has 0 N–H and O–H groups in total. The Morgan fingerprint density at radius 1 is 1.62 bits per heavy atom. The van der Waals surface area contributed by atoms with Crippen LogP contribution in [0.3, 0.4) is 0 Å². The number of hydrogen-bond donors (Lipinski definition) is 0. The van der Waals surface area contributed by atoms with Crippen molar-refractivity contribution in [1.29, 1.82) is 5.26 Å². The summed E-state index contributed by atoms with van der Waals surface area (Å²) in [7, 11) is 3.75. The summed E-state index contributed by atoms with van der Waals surface area (Å²) in [6.45, 7) is 0. The van der Waals surface area contributed by atoms with Crippen LogP contribution in [0.2, 0.25) is 0 Å². The molecule has 1 heterocycles. The summed E-state index contributed by atoms with van der Waals surface area (Å²) in [4.78, 5) is 9.84. The van der Waals surface area contributed by atoms with Crippen LogP contribution < -0.4 is 0 Å². The van der Waals surface area contributed by atoms with Crippen LogP contribution in [-0.4, -0.2) is 30.3 Å². The van der Waals surface area contributed by atoms with Crippen LogP contribution in [-0.2, 0) is 0 Å². The zero-order valence-corrected chi connectivity index (χ0v) is 7.60. The third-order valence-electron chi connectivity index (χ3n) is 1.30. The number of nitriles is 1. The molecule has 0 fully saturated rings. The molecule has 0 aliphatic carbocycles. The SMILES string of the molecule is CN(C)C=Nc1cc(C#N)ccn1. The molecular formula is C9H10N4. The first-order valence-corrected chi connectivity index (χ1v) is 3.79. The second-order valence-corrected chi connectivity index (χ2v) is 2.72. The maximum Gasteiger partial charge on any atom is 0.154 e. The molecule has 0 amide bonds. The highest BCUT2D eigenvalue weighted by Gasteiger charge is 1.92. The van der Waals surface area contributed by atoms with E-state index in [0.717, 1.165) is 0 Å². The number of pyridine rings is 1. The molecule has 0 radical (unpaired) electrons. The number of rotatable bonds is 2. The Morgan fingerprint density at radius 2 is 2.38 bits per heavy atom. The molecule has 13 heavy (non-hydrogen) atoms. The summed E-state index contributed by atoms with van der Waals surface area (Å²) < 4.78 is 0. The van der Waals surface area contributed by atoms with E-state index in [0.29, 0.717) is 11.4 Å². The van der Waals surface area contributed by atoms with Crippen LogP contribution in [0.25, 0.3) is 0 Å². The summed E-state index contributed by atoms with van der Waals surface area (Å²) >= 11 is 0. The van der Waals surface area contributed by atoms with E-state index in [4.69, 9.17) is 5.26 Å². The molecule has 1 rings (SSSR count). The Morgan fingerprint density at radius 3 is 3.00 bits per heavy atom. The van der Waals surface area contributed by atoms with Gasteiger partial charge >= 0.3 is 0 Å². The van der Waals surface area contributed by atoms with Gasteiger partial charge < -0.3 is 4.90 Å². The van der Waals surface area contributed by atoms with Crippen LogP contribution in [0.5, 0.6) is 0 Å². The van der Waals surface area contributed by atoms with Crippen molar-refractivity contribution in [3.05, 3.63) is 23.9 Å². The molecule has 0 atom stereocenters. The minimum atomic E-state index is 0.549. The van der Waals surface area contributed by atoms with Crippen LogP contribution in [0.4, 0.5) is 5.82 Å². The largest absolute Gasteiger partial charge is 0.369 e. The smallest absolute Gasteiger partial charge is 0.154 e. The zero-order chi connectivity index (χ0) is 9.68. The van der Waals surface area contributed by atoms with Gasteiger partial charge in [-0.3, -0.25) is 0 Å². The van der Waals surface area contributed by atoms with Crippen molar-refractivity contribution in [2.75, 3.05) is 14.1 Å². The summed E-state index contributed by atoms with van der Waals surface area (Å²) in [5, 5.41) is 8.60. The average molecular weight is 174 g/mol. The van der Waals surface area contributed by atoms with Gasteiger partial charge in [0.25, 0.3) is 0 Å². The quantitative estimate of drug-likeness (QED) is 0.499. The van der Waals surface area contributed by atoms with Gasteiger partial charge in [-0.05, 0) is 6.07 Å². The van der Waals surface area contributed by atoms with E-state index >= 15 is 0 Å². The van der Waals surface area contributed by atoms with Gasteiger partial charge in [0.15, 0.2) is 5.82 Å². The third kappa shape index (κ3) is 2.91. The van der Waals surface area contributed by atoms with Crippen molar-refractivity contribution in [3.63, 3.8) is 0 Å². The third-order valence-corrected chi connectivity index (χ3v) is 1.30. The Labute approximate surface area is 77.2 Å². The van der Waals surface area contributed by atoms with Crippen molar-refractivity contribution in [2.45, 2.75) is 0 Å². The summed E-state index contributed by atoms with van der Waals surface area (Å²) in [6.07, 6.45) is 3.21. The minimum Gasteiger partial charge on any atom is -0.369 e. The molecule has 0 aliphatic rings. The van der Waals surface area contributed by atoms with Crippen LogP contribution >= 0.6 is 0 Å². The van der Waals surface area contributed by atoms with Gasteiger partial charge in [-0.1, -0.05) is 0 Å². The molecule has 4 nitrogen and oxygen atoms in total. The Balaban J connectivity index is 2.85. The topological polar surface area (TPSA) is 52.3 Å². The lowest BCUT2D eigenvalue weighted by Gasteiger charge is -2.01. The highest BCUT2D eigenvalue weighted by atomic mass is 15.1. The standard InChI is InChI=1S/C9H10N4/c1-13(2)7-12-9-5-8(6-10)3-4-11-9/h3-5,7H,1-2H3. The maximum absolute atomic E-state index is 8.60. The normalized spacial score (nSPS) is 9.92. The maximum atomic E-state index is 8.60. The molecule has 0 saturated heterocycles. The number of hydrogen-bond acceptors (Lipinski definition) is 3. The van der Waals surface area contributed by atoms with Gasteiger partial charge in [-0.2, -0.15) is 5.26 Å². The molecular weight excluding hydrogens is 164 g/mol.